The van der Waals surface area contributed by atoms with E-state index < -0.39 is 0 Å². The van der Waals surface area contributed by atoms with Crippen LogP contribution in [0, 0.1) is 13.8 Å². The summed E-state index contributed by atoms with van der Waals surface area (Å²) < 4.78 is 11.8. The van der Waals surface area contributed by atoms with Crippen molar-refractivity contribution in [3.8, 4) is 11.5 Å². The van der Waals surface area contributed by atoms with E-state index in [-0.39, 0.29) is 11.9 Å². The number of anilines is 1. The number of carbonyl (C=O) groups excluding carboxylic acids is 1. The minimum absolute atomic E-state index is 0.0428. The zero-order chi connectivity index (χ0) is 15.7. The van der Waals surface area contributed by atoms with Crippen molar-refractivity contribution in [2.75, 3.05) is 5.32 Å². The van der Waals surface area contributed by atoms with Crippen LogP contribution in [0.5, 0.6) is 0 Å². The third-order valence-electron chi connectivity index (χ3n) is 3.02. The summed E-state index contributed by atoms with van der Waals surface area (Å²) in [5.41, 5.74) is 1.22. The van der Waals surface area contributed by atoms with Gasteiger partial charge in [0.1, 0.15) is 11.5 Å². The number of hydrogen-bond acceptors (Lipinski definition) is 5. The Bertz CT molecular complexity index is 821. The Hall–Kier alpha value is -2.41. The van der Waals surface area contributed by atoms with Crippen LogP contribution in [-0.2, 0) is 0 Å². The van der Waals surface area contributed by atoms with E-state index in [4.69, 9.17) is 8.83 Å². The van der Waals surface area contributed by atoms with Crippen LogP contribution in [-0.4, -0.2) is 16.1 Å². The molecule has 3 aromatic rings. The summed E-state index contributed by atoms with van der Waals surface area (Å²) in [6.07, 6.45) is 0. The Morgan fingerprint density at radius 3 is 2.50 bits per heavy atom. The molecule has 2 aromatic heterocycles. The first-order valence-corrected chi connectivity index (χ1v) is 7.30. The topological polar surface area (TPSA) is 81.2 Å². The molecule has 0 atom stereocenters. The third kappa shape index (κ3) is 2.94. The second-order valence-electron chi connectivity index (χ2n) is 4.70. The molecule has 0 spiro atoms. The normalized spacial score (nSPS) is 10.7. The second-order valence-corrected chi connectivity index (χ2v) is 5.62. The van der Waals surface area contributed by atoms with Crippen LogP contribution in [0.25, 0.3) is 11.5 Å². The lowest BCUT2D eigenvalue weighted by Gasteiger charge is -2.00. The largest absolute Gasteiger partial charge is 0.466 e. The highest BCUT2D eigenvalue weighted by Crippen LogP contribution is 2.26. The zero-order valence-electron chi connectivity index (χ0n) is 11.9. The van der Waals surface area contributed by atoms with E-state index >= 15 is 0 Å². The van der Waals surface area contributed by atoms with Crippen molar-refractivity contribution < 1.29 is 13.6 Å². The van der Waals surface area contributed by atoms with Gasteiger partial charge in [-0.15, -0.1) is 5.10 Å². The first-order chi connectivity index (χ1) is 10.5. The van der Waals surface area contributed by atoms with E-state index in [1.54, 1.807) is 24.3 Å². The average molecular weight is 362 g/mol. The summed E-state index contributed by atoms with van der Waals surface area (Å²) in [5.74, 6) is 1.43. The molecule has 7 heteroatoms. The van der Waals surface area contributed by atoms with E-state index in [0.29, 0.717) is 22.8 Å². The van der Waals surface area contributed by atoms with Gasteiger partial charge < -0.3 is 8.83 Å². The molecule has 0 aliphatic carbocycles. The molecule has 1 N–H and O–H groups in total. The quantitative estimate of drug-likeness (QED) is 0.763. The number of furan rings is 1. The maximum atomic E-state index is 12.1. The number of nitrogens with one attached hydrogen (secondary N) is 1. The highest BCUT2D eigenvalue weighted by molar-refractivity contribution is 9.10. The van der Waals surface area contributed by atoms with Gasteiger partial charge in [-0.3, -0.25) is 10.1 Å². The molecule has 0 aliphatic rings. The van der Waals surface area contributed by atoms with Crippen LogP contribution >= 0.6 is 15.9 Å². The SMILES string of the molecule is Cc1cc(-c2nnc(NC(=O)c3ccc(Br)cc3)o2)c(C)o1. The molecule has 22 heavy (non-hydrogen) atoms. The van der Waals surface area contributed by atoms with Crippen molar-refractivity contribution in [3.05, 3.63) is 51.9 Å². The molecule has 6 nitrogen and oxygen atoms in total. The highest BCUT2D eigenvalue weighted by Gasteiger charge is 2.16. The maximum absolute atomic E-state index is 12.1. The summed E-state index contributed by atoms with van der Waals surface area (Å²) in [7, 11) is 0. The van der Waals surface area contributed by atoms with E-state index in [0.717, 1.165) is 10.2 Å². The molecule has 0 aliphatic heterocycles. The van der Waals surface area contributed by atoms with Crippen molar-refractivity contribution >= 4 is 27.9 Å². The number of hydrogen-bond donors (Lipinski definition) is 1. The van der Waals surface area contributed by atoms with Crippen LogP contribution in [0.3, 0.4) is 0 Å². The summed E-state index contributed by atoms with van der Waals surface area (Å²) in [5, 5.41) is 10.3. The van der Waals surface area contributed by atoms with Crippen molar-refractivity contribution in [3.63, 3.8) is 0 Å². The lowest BCUT2D eigenvalue weighted by atomic mass is 10.2. The van der Waals surface area contributed by atoms with Gasteiger partial charge in [-0.1, -0.05) is 21.0 Å². The monoisotopic (exact) mass is 361 g/mol. The molecule has 0 fully saturated rings. The average Bonchev–Trinajstić information content (AvgIpc) is 3.06. The molecule has 0 saturated heterocycles. The lowest BCUT2D eigenvalue weighted by molar-refractivity contribution is 0.102. The second kappa shape index (κ2) is 5.76. The van der Waals surface area contributed by atoms with Crippen LogP contribution in [0.15, 0.2) is 43.6 Å². The first kappa shape index (κ1) is 14.5. The maximum Gasteiger partial charge on any atom is 0.322 e. The Labute approximate surface area is 134 Å². The van der Waals surface area contributed by atoms with E-state index in [9.17, 15) is 4.79 Å². The molecule has 0 radical (unpaired) electrons. The molecule has 0 unspecified atom stereocenters. The van der Waals surface area contributed by atoms with E-state index in [2.05, 4.69) is 31.4 Å². The molecule has 112 valence electrons. The number of carbonyl (C=O) groups is 1. The first-order valence-electron chi connectivity index (χ1n) is 6.51. The highest BCUT2D eigenvalue weighted by atomic mass is 79.9. The van der Waals surface area contributed by atoms with Gasteiger partial charge in [0.05, 0.1) is 5.56 Å². The summed E-state index contributed by atoms with van der Waals surface area (Å²) in [4.78, 5) is 12.1. The number of amides is 1. The fourth-order valence-corrected chi connectivity index (χ4v) is 2.26. The van der Waals surface area contributed by atoms with Gasteiger partial charge in [-0.2, -0.15) is 0 Å². The van der Waals surface area contributed by atoms with Crippen LogP contribution in [0.4, 0.5) is 6.01 Å². The zero-order valence-corrected chi connectivity index (χ0v) is 13.5. The van der Waals surface area contributed by atoms with Crippen molar-refractivity contribution in [2.24, 2.45) is 0 Å². The Kier molecular flexibility index (Phi) is 3.81. The number of aryl methyl sites for hydroxylation is 2. The van der Waals surface area contributed by atoms with E-state index in [1.165, 1.54) is 0 Å². The van der Waals surface area contributed by atoms with Crippen LogP contribution < -0.4 is 5.32 Å². The van der Waals surface area contributed by atoms with E-state index in [1.807, 2.05) is 19.9 Å². The molecular formula is C15H12BrN3O3. The van der Waals surface area contributed by atoms with Gasteiger partial charge in [-0.25, -0.2) is 0 Å². The summed E-state index contributed by atoms with van der Waals surface area (Å²) in [6.45, 7) is 3.65. The number of aromatic nitrogens is 2. The van der Waals surface area contributed by atoms with Gasteiger partial charge in [0, 0.05) is 10.0 Å². The molecular weight excluding hydrogens is 350 g/mol. The summed E-state index contributed by atoms with van der Waals surface area (Å²) >= 11 is 3.32. The minimum atomic E-state index is -0.317. The van der Waals surface area contributed by atoms with Crippen LogP contribution in [0.1, 0.15) is 21.9 Å². The molecule has 0 saturated carbocycles. The van der Waals surface area contributed by atoms with Gasteiger partial charge in [0.2, 0.25) is 0 Å². The Morgan fingerprint density at radius 1 is 1.14 bits per heavy atom. The standard InChI is InChI=1S/C15H12BrN3O3/c1-8-7-12(9(2)21-8)14-18-19-15(22-14)17-13(20)10-3-5-11(16)6-4-10/h3-7H,1-2H3,(H,17,19,20). The predicted molar refractivity (Wildman–Crippen MR) is 83.6 cm³/mol. The van der Waals surface area contributed by atoms with Gasteiger partial charge in [0.25, 0.3) is 11.8 Å². The summed E-state index contributed by atoms with van der Waals surface area (Å²) in [6, 6.07) is 8.81. The van der Waals surface area contributed by atoms with Crippen molar-refractivity contribution in [1.29, 1.82) is 0 Å². The Balaban J connectivity index is 1.78. The molecule has 1 aromatic carbocycles. The molecule has 1 amide bonds. The predicted octanol–water partition coefficient (Wildman–Crippen LogP) is 3.96. The smallest absolute Gasteiger partial charge is 0.322 e. The van der Waals surface area contributed by atoms with Crippen molar-refractivity contribution in [2.45, 2.75) is 13.8 Å². The third-order valence-corrected chi connectivity index (χ3v) is 3.55. The molecule has 2 heterocycles. The fraction of sp³-hybridized carbons (Fsp3) is 0.133. The lowest BCUT2D eigenvalue weighted by Crippen LogP contribution is -2.11. The minimum Gasteiger partial charge on any atom is -0.466 e. The van der Waals surface area contributed by atoms with Crippen molar-refractivity contribution in [1.82, 2.24) is 10.2 Å². The van der Waals surface area contributed by atoms with Gasteiger partial charge >= 0.3 is 6.01 Å². The fourth-order valence-electron chi connectivity index (χ4n) is 2.00. The van der Waals surface area contributed by atoms with Crippen LogP contribution in [0.2, 0.25) is 0 Å². The number of nitrogens with zero attached hydrogens (tertiary/aromatic N) is 2. The Morgan fingerprint density at radius 2 is 1.86 bits per heavy atom. The molecule has 3 rings (SSSR count). The molecule has 0 bridgehead atoms. The number of halogens is 1. The number of benzene rings is 1. The van der Waals surface area contributed by atoms with Gasteiger partial charge in [0.15, 0.2) is 0 Å². The number of rotatable bonds is 3. The van der Waals surface area contributed by atoms with Gasteiger partial charge in [-0.05, 0) is 44.2 Å².